The van der Waals surface area contributed by atoms with Gasteiger partial charge in [-0.2, -0.15) is 0 Å². The van der Waals surface area contributed by atoms with Gasteiger partial charge in [-0.15, -0.1) is 0 Å². The number of ether oxygens (including phenoxy) is 1. The summed E-state index contributed by atoms with van der Waals surface area (Å²) in [6.07, 6.45) is 2.47. The van der Waals surface area contributed by atoms with Gasteiger partial charge in [0.25, 0.3) is 0 Å². The number of halogens is 2. The molecule has 0 amide bonds. The second kappa shape index (κ2) is 5.85. The predicted molar refractivity (Wildman–Crippen MR) is 54.4 cm³/mol. The molecule has 1 aromatic rings. The summed E-state index contributed by atoms with van der Waals surface area (Å²) >= 11 is 0. The van der Waals surface area contributed by atoms with E-state index in [1.807, 2.05) is 0 Å². The van der Waals surface area contributed by atoms with E-state index < -0.39 is 17.6 Å². The minimum atomic E-state index is -0.521. The number of carbonyl (C=O) groups excluding carboxylic acids is 1. The molecular formula is C11H11F2NO2. The molecule has 3 nitrogen and oxygen atoms in total. The van der Waals surface area contributed by atoms with E-state index in [0.717, 1.165) is 24.3 Å². The first-order valence-corrected chi connectivity index (χ1v) is 4.55. The van der Waals surface area contributed by atoms with Gasteiger partial charge in [0.05, 0.1) is 7.11 Å². The Hall–Kier alpha value is -1.91. The summed E-state index contributed by atoms with van der Waals surface area (Å²) in [6.45, 7) is 0.0943. The zero-order chi connectivity index (χ0) is 12.0. The fourth-order valence-corrected chi connectivity index (χ4v) is 1.04. The van der Waals surface area contributed by atoms with Crippen molar-refractivity contribution in [2.24, 2.45) is 0 Å². The number of hydrogen-bond acceptors (Lipinski definition) is 3. The second-order valence-corrected chi connectivity index (χ2v) is 2.97. The van der Waals surface area contributed by atoms with Gasteiger partial charge < -0.3 is 10.1 Å². The molecule has 1 N–H and O–H groups in total. The van der Waals surface area contributed by atoms with E-state index in [0.29, 0.717) is 0 Å². The first-order valence-electron chi connectivity index (χ1n) is 4.55. The predicted octanol–water partition coefficient (Wildman–Crippen LogP) is 1.74. The minimum absolute atomic E-state index is 0.0943. The normalized spacial score (nSPS) is 10.4. The van der Waals surface area contributed by atoms with Gasteiger partial charge in [0.1, 0.15) is 11.6 Å². The molecule has 0 atom stereocenters. The lowest BCUT2D eigenvalue weighted by Crippen LogP contribution is -2.08. The second-order valence-electron chi connectivity index (χ2n) is 2.97. The molecular weight excluding hydrogens is 216 g/mol. The molecule has 16 heavy (non-hydrogen) atoms. The Bertz CT molecular complexity index is 405. The summed E-state index contributed by atoms with van der Waals surface area (Å²) < 4.78 is 30.2. The molecule has 0 bridgehead atoms. The third-order valence-corrected chi connectivity index (χ3v) is 1.84. The minimum Gasteiger partial charge on any atom is -0.466 e. The maximum absolute atomic E-state index is 13.1. The Morgan fingerprint density at radius 3 is 2.94 bits per heavy atom. The molecule has 5 heteroatoms. The molecule has 0 aliphatic carbocycles. The third kappa shape index (κ3) is 3.68. The van der Waals surface area contributed by atoms with Crippen LogP contribution < -0.4 is 5.32 Å². The maximum Gasteiger partial charge on any atom is 0.331 e. The lowest BCUT2D eigenvalue weighted by Gasteiger charge is -2.02. The number of hydrogen-bond donors (Lipinski definition) is 1. The van der Waals surface area contributed by atoms with E-state index in [2.05, 4.69) is 10.1 Å². The van der Waals surface area contributed by atoms with Crippen LogP contribution in [0.25, 0.3) is 0 Å². The monoisotopic (exact) mass is 227 g/mol. The number of esters is 1. The lowest BCUT2D eigenvalue weighted by molar-refractivity contribution is -0.134. The summed E-state index contributed by atoms with van der Waals surface area (Å²) in [4.78, 5) is 10.7. The van der Waals surface area contributed by atoms with Gasteiger partial charge in [0, 0.05) is 24.4 Å². The Kier molecular flexibility index (Phi) is 4.44. The van der Waals surface area contributed by atoms with Crippen LogP contribution in [0, 0.1) is 11.6 Å². The summed E-state index contributed by atoms with van der Waals surface area (Å²) in [6, 6.07) is 3.19. The zero-order valence-electron chi connectivity index (χ0n) is 8.67. The van der Waals surface area contributed by atoms with Gasteiger partial charge in [-0.1, -0.05) is 0 Å². The largest absolute Gasteiger partial charge is 0.466 e. The van der Waals surface area contributed by atoms with Gasteiger partial charge in [0.15, 0.2) is 0 Å². The number of methoxy groups -OCH3 is 1. The molecule has 0 aliphatic rings. The van der Waals surface area contributed by atoms with Crippen molar-refractivity contribution in [2.75, 3.05) is 7.11 Å². The van der Waals surface area contributed by atoms with Gasteiger partial charge >= 0.3 is 5.97 Å². The van der Waals surface area contributed by atoms with Crippen molar-refractivity contribution in [3.8, 4) is 0 Å². The van der Waals surface area contributed by atoms with Crippen LogP contribution in [0.1, 0.15) is 5.56 Å². The van der Waals surface area contributed by atoms with Crippen molar-refractivity contribution >= 4 is 5.97 Å². The van der Waals surface area contributed by atoms with Crippen LogP contribution >= 0.6 is 0 Å². The first-order chi connectivity index (χ1) is 7.63. The van der Waals surface area contributed by atoms with Crippen molar-refractivity contribution in [3.63, 3.8) is 0 Å². The van der Waals surface area contributed by atoms with E-state index in [4.69, 9.17) is 0 Å². The van der Waals surface area contributed by atoms with Crippen LogP contribution in [0.4, 0.5) is 8.78 Å². The molecule has 0 saturated carbocycles. The lowest BCUT2D eigenvalue weighted by atomic mass is 10.2. The van der Waals surface area contributed by atoms with Crippen LogP contribution in [-0.4, -0.2) is 13.1 Å². The Balaban J connectivity index is 2.51. The Morgan fingerprint density at radius 1 is 1.50 bits per heavy atom. The van der Waals surface area contributed by atoms with Crippen molar-refractivity contribution in [3.05, 3.63) is 47.7 Å². The average Bonchev–Trinajstić information content (AvgIpc) is 2.28. The Morgan fingerprint density at radius 2 is 2.25 bits per heavy atom. The van der Waals surface area contributed by atoms with Crippen LogP contribution in [-0.2, 0) is 16.1 Å². The molecule has 0 aromatic heterocycles. The van der Waals surface area contributed by atoms with E-state index >= 15 is 0 Å². The van der Waals surface area contributed by atoms with E-state index in [1.54, 1.807) is 0 Å². The SMILES string of the molecule is COC(=O)/C=C/NCc1cc(F)ccc1F. The molecule has 0 spiro atoms. The fourth-order valence-electron chi connectivity index (χ4n) is 1.04. The molecule has 1 rings (SSSR count). The van der Waals surface area contributed by atoms with Crippen LogP contribution in [0.2, 0.25) is 0 Å². The number of rotatable bonds is 4. The third-order valence-electron chi connectivity index (χ3n) is 1.84. The van der Waals surface area contributed by atoms with Crippen LogP contribution in [0.15, 0.2) is 30.5 Å². The zero-order valence-corrected chi connectivity index (χ0v) is 8.67. The van der Waals surface area contributed by atoms with Gasteiger partial charge in [-0.25, -0.2) is 13.6 Å². The number of nitrogens with one attached hydrogen (secondary N) is 1. The highest BCUT2D eigenvalue weighted by Gasteiger charge is 2.02. The van der Waals surface area contributed by atoms with Gasteiger partial charge in [-0.05, 0) is 18.2 Å². The summed E-state index contributed by atoms with van der Waals surface area (Å²) in [7, 11) is 1.25. The van der Waals surface area contributed by atoms with Gasteiger partial charge in [0.2, 0.25) is 0 Å². The van der Waals surface area contributed by atoms with E-state index in [9.17, 15) is 13.6 Å². The fraction of sp³-hybridized carbons (Fsp3) is 0.182. The molecule has 0 heterocycles. The molecule has 1 aromatic carbocycles. The number of carbonyl (C=O) groups is 1. The summed E-state index contributed by atoms with van der Waals surface area (Å²) in [5, 5.41) is 2.65. The standard InChI is InChI=1S/C11H11F2NO2/c1-16-11(15)4-5-14-7-8-6-9(12)2-3-10(8)13/h2-6,14H,7H2,1H3/b5-4+. The Labute approximate surface area is 91.7 Å². The van der Waals surface area contributed by atoms with Crippen LogP contribution in [0.3, 0.4) is 0 Å². The quantitative estimate of drug-likeness (QED) is 0.629. The topological polar surface area (TPSA) is 38.3 Å². The molecule has 0 aliphatic heterocycles. The molecule has 0 radical (unpaired) electrons. The van der Waals surface area contributed by atoms with Crippen molar-refractivity contribution < 1.29 is 18.3 Å². The maximum atomic E-state index is 13.1. The summed E-state index contributed by atoms with van der Waals surface area (Å²) in [5.74, 6) is -1.53. The van der Waals surface area contributed by atoms with Gasteiger partial charge in [-0.3, -0.25) is 0 Å². The van der Waals surface area contributed by atoms with Crippen molar-refractivity contribution in [1.29, 1.82) is 0 Å². The average molecular weight is 227 g/mol. The highest BCUT2D eigenvalue weighted by Crippen LogP contribution is 2.08. The molecule has 86 valence electrons. The number of benzene rings is 1. The molecule has 0 fully saturated rings. The van der Waals surface area contributed by atoms with E-state index in [1.165, 1.54) is 13.3 Å². The van der Waals surface area contributed by atoms with Crippen LogP contribution in [0.5, 0.6) is 0 Å². The molecule has 0 saturated heterocycles. The first kappa shape index (κ1) is 12.2. The van der Waals surface area contributed by atoms with Crippen molar-refractivity contribution in [1.82, 2.24) is 5.32 Å². The van der Waals surface area contributed by atoms with Crippen molar-refractivity contribution in [2.45, 2.75) is 6.54 Å². The smallest absolute Gasteiger partial charge is 0.331 e. The molecule has 0 unspecified atom stereocenters. The highest BCUT2D eigenvalue weighted by atomic mass is 19.1. The van der Waals surface area contributed by atoms with E-state index in [-0.39, 0.29) is 12.1 Å². The summed E-state index contributed by atoms with van der Waals surface area (Å²) in [5.41, 5.74) is 0.189. The highest BCUT2D eigenvalue weighted by molar-refractivity contribution is 5.81.